The maximum absolute atomic E-state index is 11.2. The number of hydrogen-bond donors (Lipinski definition) is 2. The van der Waals surface area contributed by atoms with Crippen LogP contribution in [0.4, 0.5) is 5.82 Å². The summed E-state index contributed by atoms with van der Waals surface area (Å²) in [5, 5.41) is 11.3. The molecule has 0 saturated carbocycles. The van der Waals surface area contributed by atoms with Gasteiger partial charge in [0.2, 0.25) is 5.91 Å². The van der Waals surface area contributed by atoms with Crippen LogP contribution < -0.4 is 5.32 Å². The molecule has 1 aromatic heterocycles. The number of carbonyl (C=O) groups excluding carboxylic acids is 1. The molecule has 1 rings (SSSR count). The first-order chi connectivity index (χ1) is 6.72. The van der Waals surface area contributed by atoms with Crippen molar-refractivity contribution in [3.8, 4) is 0 Å². The number of aromatic nitrogens is 2. The molecular formula is C8H10ClN3O2. The predicted molar refractivity (Wildman–Crippen MR) is 52.0 cm³/mol. The van der Waals surface area contributed by atoms with Crippen molar-refractivity contribution < 1.29 is 9.90 Å². The third kappa shape index (κ3) is 3.68. The average molecular weight is 216 g/mol. The Morgan fingerprint density at radius 2 is 2.36 bits per heavy atom. The van der Waals surface area contributed by atoms with Crippen LogP contribution in [-0.2, 0) is 4.79 Å². The fourth-order valence-electron chi connectivity index (χ4n) is 0.847. The van der Waals surface area contributed by atoms with Gasteiger partial charge < -0.3 is 10.4 Å². The predicted octanol–water partition coefficient (Wildman–Crippen LogP) is 0.841. The molecule has 0 aliphatic carbocycles. The Bertz CT molecular complexity index is 319. The first kappa shape index (κ1) is 10.9. The highest BCUT2D eigenvalue weighted by Gasteiger charge is 2.02. The lowest BCUT2D eigenvalue weighted by atomic mass is 10.3. The minimum Gasteiger partial charge on any atom is -0.396 e. The molecule has 0 spiro atoms. The van der Waals surface area contributed by atoms with Gasteiger partial charge in [-0.05, 0) is 6.42 Å². The highest BCUT2D eigenvalue weighted by Crippen LogP contribution is 2.08. The minimum absolute atomic E-state index is 0.00203. The average Bonchev–Trinajstić information content (AvgIpc) is 2.15. The lowest BCUT2D eigenvalue weighted by Crippen LogP contribution is -2.12. The second kappa shape index (κ2) is 5.51. The van der Waals surface area contributed by atoms with E-state index >= 15 is 0 Å². The number of hydrogen-bond acceptors (Lipinski definition) is 4. The molecule has 1 heterocycles. The fourth-order valence-corrected chi connectivity index (χ4v) is 0.994. The van der Waals surface area contributed by atoms with Gasteiger partial charge in [0.25, 0.3) is 0 Å². The third-order valence-electron chi connectivity index (χ3n) is 1.46. The number of rotatable bonds is 4. The summed E-state index contributed by atoms with van der Waals surface area (Å²) < 4.78 is 0. The molecule has 0 saturated heterocycles. The molecule has 2 N–H and O–H groups in total. The number of nitrogens with zero attached hydrogens (tertiary/aromatic N) is 2. The van der Waals surface area contributed by atoms with E-state index in [9.17, 15) is 4.79 Å². The van der Waals surface area contributed by atoms with Gasteiger partial charge in [0.15, 0.2) is 0 Å². The van der Waals surface area contributed by atoms with Crippen LogP contribution in [0.5, 0.6) is 0 Å². The zero-order chi connectivity index (χ0) is 10.4. The molecule has 1 aromatic rings. The summed E-state index contributed by atoms with van der Waals surface area (Å²) in [4.78, 5) is 18.6. The molecule has 0 aliphatic rings. The number of aliphatic hydroxyl groups excluding tert-OH is 1. The second-order valence-corrected chi connectivity index (χ2v) is 2.99. The van der Waals surface area contributed by atoms with Crippen LogP contribution >= 0.6 is 11.6 Å². The summed E-state index contributed by atoms with van der Waals surface area (Å²) in [6.07, 6.45) is 1.97. The summed E-state index contributed by atoms with van der Waals surface area (Å²) in [7, 11) is 0. The zero-order valence-corrected chi connectivity index (χ0v) is 8.16. The van der Waals surface area contributed by atoms with E-state index in [-0.39, 0.29) is 24.1 Å². The normalized spacial score (nSPS) is 9.86. The van der Waals surface area contributed by atoms with Crippen molar-refractivity contribution in [3.63, 3.8) is 0 Å². The first-order valence-corrected chi connectivity index (χ1v) is 4.48. The molecule has 14 heavy (non-hydrogen) atoms. The van der Waals surface area contributed by atoms with Gasteiger partial charge >= 0.3 is 0 Å². The Hall–Kier alpha value is -1.20. The molecule has 0 aliphatic heterocycles. The van der Waals surface area contributed by atoms with Crippen LogP contribution in [-0.4, -0.2) is 27.6 Å². The van der Waals surface area contributed by atoms with Gasteiger partial charge in [0.05, 0.1) is 0 Å². The molecule has 0 fully saturated rings. The SMILES string of the molecule is O=C(CCCO)Nc1cc(Cl)ncn1. The molecular weight excluding hydrogens is 206 g/mol. The van der Waals surface area contributed by atoms with Crippen molar-refractivity contribution in [2.45, 2.75) is 12.8 Å². The number of nitrogens with one attached hydrogen (secondary N) is 1. The van der Waals surface area contributed by atoms with Gasteiger partial charge in [-0.1, -0.05) is 11.6 Å². The second-order valence-electron chi connectivity index (χ2n) is 2.60. The van der Waals surface area contributed by atoms with Crippen molar-refractivity contribution >= 4 is 23.3 Å². The summed E-state index contributed by atoms with van der Waals surface area (Å²) >= 11 is 5.59. The van der Waals surface area contributed by atoms with Crippen LogP contribution in [0.15, 0.2) is 12.4 Å². The maximum Gasteiger partial charge on any atom is 0.225 e. The van der Waals surface area contributed by atoms with E-state index in [0.29, 0.717) is 12.2 Å². The van der Waals surface area contributed by atoms with Crippen molar-refractivity contribution in [1.82, 2.24) is 9.97 Å². The van der Waals surface area contributed by atoms with Crippen LogP contribution in [0.2, 0.25) is 5.15 Å². The van der Waals surface area contributed by atoms with E-state index in [0.717, 1.165) is 0 Å². The smallest absolute Gasteiger partial charge is 0.225 e. The fraction of sp³-hybridized carbons (Fsp3) is 0.375. The van der Waals surface area contributed by atoms with Crippen LogP contribution in [0.1, 0.15) is 12.8 Å². The Morgan fingerprint density at radius 3 is 3.00 bits per heavy atom. The highest BCUT2D eigenvalue weighted by molar-refractivity contribution is 6.29. The van der Waals surface area contributed by atoms with E-state index in [1.807, 2.05) is 0 Å². The van der Waals surface area contributed by atoms with E-state index in [4.69, 9.17) is 16.7 Å². The molecule has 0 bridgehead atoms. The lowest BCUT2D eigenvalue weighted by Gasteiger charge is -2.02. The van der Waals surface area contributed by atoms with E-state index in [2.05, 4.69) is 15.3 Å². The largest absolute Gasteiger partial charge is 0.396 e. The van der Waals surface area contributed by atoms with Crippen LogP contribution in [0, 0.1) is 0 Å². The Kier molecular flexibility index (Phi) is 4.28. The summed E-state index contributed by atoms with van der Waals surface area (Å²) in [6, 6.07) is 1.46. The molecule has 1 amide bonds. The minimum atomic E-state index is -0.200. The number of aliphatic hydroxyl groups is 1. The van der Waals surface area contributed by atoms with Gasteiger partial charge in [-0.3, -0.25) is 4.79 Å². The molecule has 5 nitrogen and oxygen atoms in total. The highest BCUT2D eigenvalue weighted by atomic mass is 35.5. The van der Waals surface area contributed by atoms with E-state index in [1.54, 1.807) is 0 Å². The number of amides is 1. The van der Waals surface area contributed by atoms with Crippen LogP contribution in [0.25, 0.3) is 0 Å². The van der Waals surface area contributed by atoms with Gasteiger partial charge in [0.1, 0.15) is 17.3 Å². The lowest BCUT2D eigenvalue weighted by molar-refractivity contribution is -0.116. The van der Waals surface area contributed by atoms with Crippen molar-refractivity contribution in [3.05, 3.63) is 17.5 Å². The summed E-state index contributed by atoms with van der Waals surface area (Å²) in [5.74, 6) is 0.168. The Balaban J connectivity index is 2.47. The van der Waals surface area contributed by atoms with Crippen LogP contribution in [0.3, 0.4) is 0 Å². The van der Waals surface area contributed by atoms with Crippen molar-refractivity contribution in [1.29, 1.82) is 0 Å². The molecule has 0 unspecified atom stereocenters. The Morgan fingerprint density at radius 1 is 1.57 bits per heavy atom. The van der Waals surface area contributed by atoms with Gasteiger partial charge in [-0.2, -0.15) is 0 Å². The Labute approximate surface area is 86.1 Å². The zero-order valence-electron chi connectivity index (χ0n) is 7.40. The number of carbonyl (C=O) groups is 1. The molecule has 6 heteroatoms. The third-order valence-corrected chi connectivity index (χ3v) is 1.67. The molecule has 0 radical (unpaired) electrons. The van der Waals surface area contributed by atoms with Gasteiger partial charge in [-0.25, -0.2) is 9.97 Å². The standard InChI is InChI=1S/C8H10ClN3O2/c9-6-4-7(11-5-10-6)12-8(14)2-1-3-13/h4-5,13H,1-3H2,(H,10,11,12,14). The van der Waals surface area contributed by atoms with Gasteiger partial charge in [-0.15, -0.1) is 0 Å². The molecule has 0 aromatic carbocycles. The van der Waals surface area contributed by atoms with E-state index in [1.165, 1.54) is 12.4 Å². The monoisotopic (exact) mass is 215 g/mol. The first-order valence-electron chi connectivity index (χ1n) is 4.10. The summed E-state index contributed by atoms with van der Waals surface area (Å²) in [5.41, 5.74) is 0. The molecule has 0 atom stereocenters. The maximum atomic E-state index is 11.2. The van der Waals surface area contributed by atoms with Crippen molar-refractivity contribution in [2.24, 2.45) is 0 Å². The summed E-state index contributed by atoms with van der Waals surface area (Å²) in [6.45, 7) is -0.00203. The number of halogens is 1. The van der Waals surface area contributed by atoms with E-state index < -0.39 is 0 Å². The topological polar surface area (TPSA) is 75.1 Å². The number of anilines is 1. The van der Waals surface area contributed by atoms with Gasteiger partial charge in [0, 0.05) is 19.1 Å². The molecule has 76 valence electrons. The van der Waals surface area contributed by atoms with Crippen molar-refractivity contribution in [2.75, 3.05) is 11.9 Å². The quantitative estimate of drug-likeness (QED) is 0.730.